The number of rotatable bonds is 3. The molecule has 1 aromatic carbocycles. The summed E-state index contributed by atoms with van der Waals surface area (Å²) in [5, 5.41) is 3.29. The molecule has 114 valence electrons. The quantitative estimate of drug-likeness (QED) is 0.924. The summed E-state index contributed by atoms with van der Waals surface area (Å²) in [4.78, 5) is 14.7. The van der Waals surface area contributed by atoms with Gasteiger partial charge in [0.25, 0.3) is 0 Å². The Morgan fingerprint density at radius 3 is 2.29 bits per heavy atom. The van der Waals surface area contributed by atoms with Crippen LogP contribution in [0.4, 0.5) is 5.69 Å². The molecule has 2 aliphatic rings. The van der Waals surface area contributed by atoms with Gasteiger partial charge in [-0.2, -0.15) is 0 Å². The molecule has 1 aliphatic carbocycles. The Morgan fingerprint density at radius 2 is 1.62 bits per heavy atom. The molecule has 21 heavy (non-hydrogen) atoms. The second-order valence-electron chi connectivity index (χ2n) is 6.44. The lowest BCUT2D eigenvalue weighted by atomic mass is 9.88. The minimum atomic E-state index is 0.283. The van der Waals surface area contributed by atoms with E-state index in [-0.39, 0.29) is 5.92 Å². The van der Waals surface area contributed by atoms with Crippen molar-refractivity contribution in [2.75, 3.05) is 18.0 Å². The molecule has 0 radical (unpaired) electrons. The molecule has 0 spiro atoms. The number of piperidine rings is 1. The number of nitrogens with zero attached hydrogens (tertiary/aromatic N) is 1. The molecule has 3 heteroatoms. The molecule has 2 fully saturated rings. The van der Waals surface area contributed by atoms with Gasteiger partial charge < -0.3 is 10.2 Å². The third kappa shape index (κ3) is 3.78. The van der Waals surface area contributed by atoms with Crippen molar-refractivity contribution in [3.63, 3.8) is 0 Å². The van der Waals surface area contributed by atoms with Crippen LogP contribution in [0.15, 0.2) is 30.3 Å². The van der Waals surface area contributed by atoms with E-state index >= 15 is 0 Å². The number of hydrogen-bond acceptors (Lipinski definition) is 2. The van der Waals surface area contributed by atoms with Crippen molar-refractivity contribution in [1.82, 2.24) is 5.32 Å². The van der Waals surface area contributed by atoms with Gasteiger partial charge in [0, 0.05) is 30.7 Å². The lowest BCUT2D eigenvalue weighted by Gasteiger charge is -2.34. The van der Waals surface area contributed by atoms with Crippen molar-refractivity contribution in [3.8, 4) is 0 Å². The molecule has 1 amide bonds. The van der Waals surface area contributed by atoms with Gasteiger partial charge in [-0.15, -0.1) is 0 Å². The summed E-state index contributed by atoms with van der Waals surface area (Å²) in [6.45, 7) is 2.08. The van der Waals surface area contributed by atoms with Crippen LogP contribution >= 0.6 is 0 Å². The van der Waals surface area contributed by atoms with Gasteiger partial charge >= 0.3 is 0 Å². The summed E-state index contributed by atoms with van der Waals surface area (Å²) in [5.41, 5.74) is 1.30. The van der Waals surface area contributed by atoms with E-state index in [2.05, 4.69) is 40.5 Å². The average molecular weight is 286 g/mol. The van der Waals surface area contributed by atoms with Gasteiger partial charge in [-0.05, 0) is 37.8 Å². The summed E-state index contributed by atoms with van der Waals surface area (Å²) in [7, 11) is 0. The number of hydrogen-bond donors (Lipinski definition) is 1. The van der Waals surface area contributed by atoms with Crippen LogP contribution in [0.3, 0.4) is 0 Å². The first-order valence-electron chi connectivity index (χ1n) is 8.43. The summed E-state index contributed by atoms with van der Waals surface area (Å²) in [6, 6.07) is 10.9. The fourth-order valence-electron chi connectivity index (χ4n) is 3.60. The number of carbonyl (C=O) groups excluding carboxylic acids is 1. The Morgan fingerprint density at radius 1 is 0.952 bits per heavy atom. The van der Waals surface area contributed by atoms with Crippen LogP contribution in [-0.2, 0) is 4.79 Å². The van der Waals surface area contributed by atoms with Crippen molar-refractivity contribution in [1.29, 1.82) is 0 Å². The number of nitrogens with one attached hydrogen (secondary N) is 1. The average Bonchev–Trinajstić information content (AvgIpc) is 2.57. The minimum absolute atomic E-state index is 0.283. The van der Waals surface area contributed by atoms with E-state index in [1.165, 1.54) is 24.9 Å². The fraction of sp³-hybridized carbons (Fsp3) is 0.611. The van der Waals surface area contributed by atoms with Gasteiger partial charge in [0.15, 0.2) is 0 Å². The van der Waals surface area contributed by atoms with Gasteiger partial charge in [-0.1, -0.05) is 37.5 Å². The van der Waals surface area contributed by atoms with Gasteiger partial charge in [0.1, 0.15) is 0 Å². The molecule has 3 nitrogen and oxygen atoms in total. The van der Waals surface area contributed by atoms with E-state index in [4.69, 9.17) is 0 Å². The predicted octanol–water partition coefficient (Wildman–Crippen LogP) is 3.35. The number of benzene rings is 1. The Balaban J connectivity index is 1.46. The van der Waals surface area contributed by atoms with E-state index in [1.807, 2.05) is 0 Å². The smallest absolute Gasteiger partial charge is 0.223 e. The van der Waals surface area contributed by atoms with Gasteiger partial charge in [0.2, 0.25) is 5.91 Å². The summed E-state index contributed by atoms with van der Waals surface area (Å²) in [5.74, 6) is 0.596. The van der Waals surface area contributed by atoms with Crippen LogP contribution in [0, 0.1) is 5.92 Å². The van der Waals surface area contributed by atoms with E-state index in [1.54, 1.807) is 0 Å². The molecule has 0 unspecified atom stereocenters. The number of anilines is 1. The van der Waals surface area contributed by atoms with Gasteiger partial charge in [-0.25, -0.2) is 0 Å². The monoisotopic (exact) mass is 286 g/mol. The van der Waals surface area contributed by atoms with Crippen molar-refractivity contribution in [2.45, 2.75) is 51.0 Å². The maximum absolute atomic E-state index is 12.3. The van der Waals surface area contributed by atoms with E-state index in [9.17, 15) is 4.79 Å². The third-order valence-electron chi connectivity index (χ3n) is 4.94. The highest BCUT2D eigenvalue weighted by Gasteiger charge is 2.25. The van der Waals surface area contributed by atoms with Crippen LogP contribution < -0.4 is 10.2 Å². The molecule has 1 aliphatic heterocycles. The fourth-order valence-corrected chi connectivity index (χ4v) is 3.60. The standard InChI is InChI=1S/C18H26N2O/c21-18(15-7-3-1-4-8-15)19-16-11-13-20(14-12-16)17-9-5-2-6-10-17/h2,5-6,9-10,15-16H,1,3-4,7-8,11-14H2,(H,19,21). The minimum Gasteiger partial charge on any atom is -0.371 e. The zero-order chi connectivity index (χ0) is 14.5. The number of carbonyl (C=O) groups is 1. The third-order valence-corrected chi connectivity index (χ3v) is 4.94. The molecule has 1 saturated carbocycles. The van der Waals surface area contributed by atoms with E-state index < -0.39 is 0 Å². The lowest BCUT2D eigenvalue weighted by Crippen LogP contribution is -2.46. The Hall–Kier alpha value is -1.51. The molecule has 1 saturated heterocycles. The zero-order valence-electron chi connectivity index (χ0n) is 12.8. The first-order chi connectivity index (χ1) is 10.3. The molecule has 1 N–H and O–H groups in total. The Kier molecular flexibility index (Phi) is 4.79. The van der Waals surface area contributed by atoms with Gasteiger partial charge in [0.05, 0.1) is 0 Å². The normalized spacial score (nSPS) is 21.2. The number of para-hydroxylation sites is 1. The zero-order valence-corrected chi connectivity index (χ0v) is 12.8. The second-order valence-corrected chi connectivity index (χ2v) is 6.44. The highest BCUT2D eigenvalue weighted by Crippen LogP contribution is 2.25. The van der Waals surface area contributed by atoms with E-state index in [0.29, 0.717) is 11.9 Å². The molecule has 0 atom stereocenters. The van der Waals surface area contributed by atoms with Crippen LogP contribution in [0.25, 0.3) is 0 Å². The second kappa shape index (κ2) is 6.97. The molecular weight excluding hydrogens is 260 g/mol. The molecule has 3 rings (SSSR count). The lowest BCUT2D eigenvalue weighted by molar-refractivity contribution is -0.126. The Bertz CT molecular complexity index is 446. The van der Waals surface area contributed by atoms with Crippen molar-refractivity contribution >= 4 is 11.6 Å². The molecule has 1 aromatic rings. The summed E-state index contributed by atoms with van der Waals surface area (Å²) in [6.07, 6.45) is 8.07. The molecule has 0 aromatic heterocycles. The summed E-state index contributed by atoms with van der Waals surface area (Å²) >= 11 is 0. The molecule has 1 heterocycles. The van der Waals surface area contributed by atoms with Crippen molar-refractivity contribution in [2.24, 2.45) is 5.92 Å². The maximum atomic E-state index is 12.3. The topological polar surface area (TPSA) is 32.3 Å². The highest BCUT2D eigenvalue weighted by atomic mass is 16.1. The van der Waals surface area contributed by atoms with Crippen molar-refractivity contribution in [3.05, 3.63) is 30.3 Å². The largest absolute Gasteiger partial charge is 0.371 e. The maximum Gasteiger partial charge on any atom is 0.223 e. The van der Waals surface area contributed by atoms with Crippen LogP contribution in [-0.4, -0.2) is 25.0 Å². The van der Waals surface area contributed by atoms with Crippen molar-refractivity contribution < 1.29 is 4.79 Å². The Labute approximate surface area is 127 Å². The predicted molar refractivity (Wildman–Crippen MR) is 86.4 cm³/mol. The first kappa shape index (κ1) is 14.4. The summed E-state index contributed by atoms with van der Waals surface area (Å²) < 4.78 is 0. The van der Waals surface area contributed by atoms with Crippen LogP contribution in [0.2, 0.25) is 0 Å². The number of amides is 1. The van der Waals surface area contributed by atoms with Gasteiger partial charge in [-0.3, -0.25) is 4.79 Å². The molecule has 0 bridgehead atoms. The van der Waals surface area contributed by atoms with Crippen LogP contribution in [0.1, 0.15) is 44.9 Å². The molecular formula is C18H26N2O. The highest BCUT2D eigenvalue weighted by molar-refractivity contribution is 5.79. The van der Waals surface area contributed by atoms with E-state index in [0.717, 1.165) is 38.8 Å². The first-order valence-corrected chi connectivity index (χ1v) is 8.43. The SMILES string of the molecule is O=C(NC1CCN(c2ccccc2)CC1)C1CCCCC1. The van der Waals surface area contributed by atoms with Crippen LogP contribution in [0.5, 0.6) is 0 Å².